The van der Waals surface area contributed by atoms with Crippen molar-refractivity contribution in [1.82, 2.24) is 10.2 Å². The maximum absolute atomic E-state index is 13.7. The third-order valence-electron chi connectivity index (χ3n) is 7.02. The van der Waals surface area contributed by atoms with Crippen molar-refractivity contribution in [3.05, 3.63) is 24.3 Å². The van der Waals surface area contributed by atoms with Gasteiger partial charge in [0, 0.05) is 30.1 Å². The molecule has 8 nitrogen and oxygen atoms in total. The third-order valence-corrected chi connectivity index (χ3v) is 8.97. The Morgan fingerprint density at radius 3 is 2.62 bits per heavy atom. The number of unbranched alkanes of at least 4 members (excludes halogenated alkanes) is 1. The van der Waals surface area contributed by atoms with Gasteiger partial charge in [-0.25, -0.2) is 0 Å². The Bertz CT molecular complexity index is 924. The third kappa shape index (κ3) is 4.40. The number of carbonyl (C=O) groups is 3. The molecular weight excluding hydrogens is 454 g/mol. The minimum Gasteiger partial charge on any atom is -0.494 e. The highest BCUT2D eigenvalue weighted by Gasteiger charge is 2.73. The molecule has 1 aromatic carbocycles. The number of nitrogens with one attached hydrogen (secondary N) is 2. The zero-order valence-electron chi connectivity index (χ0n) is 20.1. The van der Waals surface area contributed by atoms with Crippen LogP contribution >= 0.6 is 11.8 Å². The number of aliphatic hydroxyl groups is 1. The van der Waals surface area contributed by atoms with Gasteiger partial charge in [-0.05, 0) is 70.7 Å². The fourth-order valence-corrected chi connectivity index (χ4v) is 8.00. The molecule has 0 aliphatic carbocycles. The number of amides is 3. The second-order valence-electron chi connectivity index (χ2n) is 9.63. The molecule has 3 aliphatic heterocycles. The molecule has 3 amide bonds. The number of fused-ring (bicyclic) bond motifs is 1. The van der Waals surface area contributed by atoms with Gasteiger partial charge < -0.3 is 25.4 Å². The molecule has 0 aromatic heterocycles. The number of thioether (sulfide) groups is 1. The summed E-state index contributed by atoms with van der Waals surface area (Å²) in [6.45, 7) is 6.76. The first-order valence-electron chi connectivity index (χ1n) is 12.3. The van der Waals surface area contributed by atoms with E-state index < -0.39 is 22.6 Å². The number of aliphatic hydroxyl groups excluding tert-OH is 1. The minimum atomic E-state index is -0.593. The fraction of sp³-hybridized carbons (Fsp3) is 0.640. The number of nitrogens with zero attached hydrogens (tertiary/aromatic N) is 1. The van der Waals surface area contributed by atoms with E-state index >= 15 is 0 Å². The summed E-state index contributed by atoms with van der Waals surface area (Å²) in [5.41, 5.74) is 0.662. The lowest BCUT2D eigenvalue weighted by atomic mass is 9.70. The van der Waals surface area contributed by atoms with E-state index in [1.54, 1.807) is 28.8 Å². The summed E-state index contributed by atoms with van der Waals surface area (Å²) in [7, 11) is 0. The number of likely N-dealkylation sites (tertiary alicyclic amines) is 1. The lowest BCUT2D eigenvalue weighted by Gasteiger charge is -2.34. The molecule has 3 heterocycles. The van der Waals surface area contributed by atoms with Crippen molar-refractivity contribution in [2.45, 2.75) is 68.5 Å². The van der Waals surface area contributed by atoms with Gasteiger partial charge in [0.15, 0.2) is 0 Å². The van der Waals surface area contributed by atoms with Crippen LogP contribution in [0.1, 0.15) is 46.5 Å². The van der Waals surface area contributed by atoms with Crippen LogP contribution < -0.4 is 15.4 Å². The van der Waals surface area contributed by atoms with Gasteiger partial charge in [-0.15, -0.1) is 11.8 Å². The van der Waals surface area contributed by atoms with Crippen molar-refractivity contribution in [3.63, 3.8) is 0 Å². The number of benzene rings is 1. The average molecular weight is 490 g/mol. The standard InChI is InChI=1S/C25H35N3O5S/c1-4-33-17-9-7-16(8-10-17)27-22(30)19-18-11-12-25(34-18)20(19)24(32)28(13-5-6-14-29)21(25)23(31)26-15(2)3/h7-10,15,18-21,29H,4-6,11-14H2,1-3H3,(H,26,31)(H,27,30)/t18-,19+,20-,21?,25?/m0/s1. The van der Waals surface area contributed by atoms with Gasteiger partial charge in [0.05, 0.1) is 23.2 Å². The molecule has 0 saturated carbocycles. The lowest BCUT2D eigenvalue weighted by molar-refractivity contribution is -0.139. The largest absolute Gasteiger partial charge is 0.494 e. The molecule has 3 N–H and O–H groups in total. The van der Waals surface area contributed by atoms with Crippen LogP contribution in [0.3, 0.4) is 0 Å². The van der Waals surface area contributed by atoms with Gasteiger partial charge in [-0.1, -0.05) is 0 Å². The van der Waals surface area contributed by atoms with E-state index in [0.717, 1.165) is 18.6 Å². The highest BCUT2D eigenvalue weighted by Crippen LogP contribution is 2.66. The van der Waals surface area contributed by atoms with Crippen LogP contribution in [0.15, 0.2) is 24.3 Å². The first-order chi connectivity index (χ1) is 16.3. The normalized spacial score (nSPS) is 29.4. The fourth-order valence-electron chi connectivity index (χ4n) is 5.78. The van der Waals surface area contributed by atoms with Gasteiger partial charge in [-0.2, -0.15) is 0 Å². The second kappa shape index (κ2) is 10.2. The molecule has 3 fully saturated rings. The summed E-state index contributed by atoms with van der Waals surface area (Å²) in [4.78, 5) is 42.2. The maximum atomic E-state index is 13.7. The van der Waals surface area contributed by atoms with E-state index in [1.807, 2.05) is 32.9 Å². The monoisotopic (exact) mass is 489 g/mol. The number of carbonyl (C=O) groups excluding carboxylic acids is 3. The number of hydrogen-bond acceptors (Lipinski definition) is 6. The Hall–Kier alpha value is -2.26. The highest BCUT2D eigenvalue weighted by atomic mass is 32.2. The smallest absolute Gasteiger partial charge is 0.244 e. The molecular formula is C25H35N3O5S. The second-order valence-corrected chi connectivity index (χ2v) is 11.2. The topological polar surface area (TPSA) is 108 Å². The van der Waals surface area contributed by atoms with E-state index in [-0.39, 0.29) is 35.6 Å². The van der Waals surface area contributed by atoms with Gasteiger partial charge in [-0.3, -0.25) is 14.4 Å². The van der Waals surface area contributed by atoms with Crippen LogP contribution in [0.5, 0.6) is 5.75 Å². The van der Waals surface area contributed by atoms with Gasteiger partial charge in [0.2, 0.25) is 17.7 Å². The quantitative estimate of drug-likeness (QED) is 0.436. The van der Waals surface area contributed by atoms with Gasteiger partial charge >= 0.3 is 0 Å². The molecule has 1 spiro atoms. The van der Waals surface area contributed by atoms with E-state index in [4.69, 9.17) is 4.74 Å². The molecule has 5 atom stereocenters. The van der Waals surface area contributed by atoms with Gasteiger partial charge in [0.1, 0.15) is 11.8 Å². The van der Waals surface area contributed by atoms with Crippen molar-refractivity contribution in [3.8, 4) is 5.75 Å². The van der Waals surface area contributed by atoms with Crippen LogP contribution in [-0.2, 0) is 14.4 Å². The molecule has 9 heteroatoms. The number of hydrogen-bond donors (Lipinski definition) is 3. The summed E-state index contributed by atoms with van der Waals surface area (Å²) in [5.74, 6) is -0.676. The average Bonchev–Trinajstić information content (AvgIpc) is 3.42. The molecule has 2 unspecified atom stereocenters. The molecule has 3 saturated heterocycles. The van der Waals surface area contributed by atoms with Crippen molar-refractivity contribution in [2.75, 3.05) is 25.1 Å². The summed E-state index contributed by atoms with van der Waals surface area (Å²) < 4.78 is 4.89. The summed E-state index contributed by atoms with van der Waals surface area (Å²) >= 11 is 1.66. The highest BCUT2D eigenvalue weighted by molar-refractivity contribution is 8.02. The van der Waals surface area contributed by atoms with Crippen LogP contribution in [-0.4, -0.2) is 69.6 Å². The number of ether oxygens (including phenoxy) is 1. The van der Waals surface area contributed by atoms with Crippen LogP contribution in [0.2, 0.25) is 0 Å². The molecule has 0 radical (unpaired) electrons. The molecule has 3 aliphatic rings. The van der Waals surface area contributed by atoms with Crippen LogP contribution in [0.25, 0.3) is 0 Å². The Kier molecular flexibility index (Phi) is 7.42. The predicted molar refractivity (Wildman–Crippen MR) is 132 cm³/mol. The summed E-state index contributed by atoms with van der Waals surface area (Å²) in [6, 6.07) is 6.59. The van der Waals surface area contributed by atoms with Crippen molar-refractivity contribution in [2.24, 2.45) is 11.8 Å². The van der Waals surface area contributed by atoms with E-state index in [2.05, 4.69) is 10.6 Å². The zero-order chi connectivity index (χ0) is 24.5. The Balaban J connectivity index is 1.58. The minimum absolute atomic E-state index is 0.0191. The molecule has 186 valence electrons. The summed E-state index contributed by atoms with van der Waals surface area (Å²) in [6.07, 6.45) is 2.75. The van der Waals surface area contributed by atoms with E-state index in [9.17, 15) is 19.5 Å². The molecule has 1 aromatic rings. The Morgan fingerprint density at radius 2 is 1.97 bits per heavy atom. The van der Waals surface area contributed by atoms with Gasteiger partial charge in [0.25, 0.3) is 0 Å². The van der Waals surface area contributed by atoms with Crippen molar-refractivity contribution in [1.29, 1.82) is 0 Å². The summed E-state index contributed by atoms with van der Waals surface area (Å²) in [5, 5.41) is 15.2. The zero-order valence-corrected chi connectivity index (χ0v) is 20.9. The van der Waals surface area contributed by atoms with Crippen LogP contribution in [0.4, 0.5) is 5.69 Å². The number of anilines is 1. The van der Waals surface area contributed by atoms with Crippen molar-refractivity contribution < 1.29 is 24.2 Å². The SMILES string of the molecule is CCOc1ccc(NC(=O)[C@@H]2[C@@H]3CCC4(S3)C(C(=O)NC(C)C)N(CCCCO)C(=O)[C@H]24)cc1. The lowest BCUT2D eigenvalue weighted by Crippen LogP contribution is -2.54. The molecule has 34 heavy (non-hydrogen) atoms. The first kappa shape index (κ1) is 24.9. The maximum Gasteiger partial charge on any atom is 0.244 e. The molecule has 4 rings (SSSR count). The predicted octanol–water partition coefficient (Wildman–Crippen LogP) is 2.41. The van der Waals surface area contributed by atoms with Crippen molar-refractivity contribution >= 4 is 35.2 Å². The van der Waals surface area contributed by atoms with E-state index in [1.165, 1.54) is 0 Å². The number of rotatable bonds is 10. The molecule has 2 bridgehead atoms. The van der Waals surface area contributed by atoms with E-state index in [0.29, 0.717) is 31.7 Å². The first-order valence-corrected chi connectivity index (χ1v) is 13.1. The Labute approximate surface area is 205 Å². The van der Waals surface area contributed by atoms with Crippen LogP contribution in [0, 0.1) is 11.8 Å². The Morgan fingerprint density at radius 1 is 1.24 bits per heavy atom.